The zero-order chi connectivity index (χ0) is 13.2. The summed E-state index contributed by atoms with van der Waals surface area (Å²) in [6.07, 6.45) is 0. The van der Waals surface area contributed by atoms with E-state index in [4.69, 9.17) is 11.6 Å². The van der Waals surface area contributed by atoms with E-state index in [0.717, 1.165) is 20.4 Å². The summed E-state index contributed by atoms with van der Waals surface area (Å²) in [6.45, 7) is 3.59. The summed E-state index contributed by atoms with van der Waals surface area (Å²) in [5.74, 6) is 0. The normalized spacial score (nSPS) is 11.6. The topological polar surface area (TPSA) is 20.2 Å². The first kappa shape index (κ1) is 13.5. The molecule has 0 aromatic heterocycles. The summed E-state index contributed by atoms with van der Waals surface area (Å²) in [5, 5.41) is 10.9. The molecule has 1 N–H and O–H groups in total. The largest absolute Gasteiger partial charge is 0.386 e. The van der Waals surface area contributed by atoms with Crippen molar-refractivity contribution in [2.75, 3.05) is 0 Å². The molecule has 0 aliphatic rings. The van der Waals surface area contributed by atoms with Crippen LogP contribution in [0.25, 0.3) is 0 Å². The molecule has 0 unspecified atom stereocenters. The summed E-state index contributed by atoms with van der Waals surface area (Å²) < 4.78 is 0. The fourth-order valence-electron chi connectivity index (χ4n) is 1.72. The van der Waals surface area contributed by atoms with Crippen molar-refractivity contribution in [3.05, 3.63) is 59.1 Å². The van der Waals surface area contributed by atoms with Crippen LogP contribution in [0.15, 0.2) is 58.3 Å². The lowest BCUT2D eigenvalue weighted by Gasteiger charge is -2.21. The third-order valence-electron chi connectivity index (χ3n) is 2.57. The highest BCUT2D eigenvalue weighted by Crippen LogP contribution is 2.36. The van der Waals surface area contributed by atoms with Gasteiger partial charge in [0.05, 0.1) is 5.60 Å². The lowest BCUT2D eigenvalue weighted by atomic mass is 9.99. The Morgan fingerprint density at radius 3 is 2.44 bits per heavy atom. The Labute approximate surface area is 117 Å². The van der Waals surface area contributed by atoms with Gasteiger partial charge in [-0.25, -0.2) is 0 Å². The van der Waals surface area contributed by atoms with Crippen LogP contribution in [0.3, 0.4) is 0 Å². The molecule has 2 rings (SSSR count). The smallest absolute Gasteiger partial charge is 0.0851 e. The van der Waals surface area contributed by atoms with Gasteiger partial charge in [0.1, 0.15) is 0 Å². The molecule has 0 saturated carbocycles. The van der Waals surface area contributed by atoms with Gasteiger partial charge in [0.25, 0.3) is 0 Å². The quantitative estimate of drug-likeness (QED) is 0.877. The van der Waals surface area contributed by atoms with E-state index in [1.54, 1.807) is 25.6 Å². The molecule has 3 heteroatoms. The Bertz CT molecular complexity index is 546. The average molecular weight is 279 g/mol. The lowest BCUT2D eigenvalue weighted by molar-refractivity contribution is 0.0758. The number of hydrogen-bond donors (Lipinski definition) is 1. The second-order valence-electron chi connectivity index (χ2n) is 4.61. The van der Waals surface area contributed by atoms with Crippen LogP contribution in [0.4, 0.5) is 0 Å². The van der Waals surface area contributed by atoms with Crippen molar-refractivity contribution in [1.82, 2.24) is 0 Å². The minimum absolute atomic E-state index is 0.723. The molecule has 0 atom stereocenters. The first-order valence-electron chi connectivity index (χ1n) is 5.72. The highest BCUT2D eigenvalue weighted by atomic mass is 35.5. The number of rotatable bonds is 3. The Kier molecular flexibility index (Phi) is 4.00. The maximum absolute atomic E-state index is 10.2. The number of benzene rings is 2. The third-order valence-corrected chi connectivity index (χ3v) is 3.87. The fraction of sp³-hybridized carbons (Fsp3) is 0.200. The van der Waals surface area contributed by atoms with Gasteiger partial charge < -0.3 is 5.11 Å². The van der Waals surface area contributed by atoms with Crippen molar-refractivity contribution in [1.29, 1.82) is 0 Å². The monoisotopic (exact) mass is 278 g/mol. The molecule has 1 nitrogen and oxygen atoms in total. The molecule has 94 valence electrons. The summed E-state index contributed by atoms with van der Waals surface area (Å²) in [6, 6.07) is 15.6. The van der Waals surface area contributed by atoms with Gasteiger partial charge in [-0.05, 0) is 43.7 Å². The molecular weight excluding hydrogens is 264 g/mol. The number of aliphatic hydroxyl groups is 1. The van der Waals surface area contributed by atoms with Gasteiger partial charge in [-0.3, -0.25) is 0 Å². The summed E-state index contributed by atoms with van der Waals surface area (Å²) >= 11 is 7.59. The molecule has 0 amide bonds. The van der Waals surface area contributed by atoms with Crippen LogP contribution in [-0.4, -0.2) is 5.11 Å². The summed E-state index contributed by atoms with van der Waals surface area (Å²) in [7, 11) is 0. The van der Waals surface area contributed by atoms with Crippen LogP contribution in [0.2, 0.25) is 5.02 Å². The molecule has 0 heterocycles. The first-order valence-corrected chi connectivity index (χ1v) is 6.91. The van der Waals surface area contributed by atoms with Crippen LogP contribution < -0.4 is 0 Å². The maximum atomic E-state index is 10.2. The van der Waals surface area contributed by atoms with E-state index in [2.05, 4.69) is 0 Å². The van der Waals surface area contributed by atoms with E-state index < -0.39 is 5.60 Å². The van der Waals surface area contributed by atoms with Gasteiger partial charge in [-0.2, -0.15) is 0 Å². The molecule has 0 aliphatic heterocycles. The molecule has 18 heavy (non-hydrogen) atoms. The van der Waals surface area contributed by atoms with Crippen LogP contribution in [0.1, 0.15) is 19.4 Å². The SMILES string of the molecule is CC(C)(O)c1ccccc1Sc1cccc(Cl)c1. The standard InChI is InChI=1S/C15H15ClOS/c1-15(2,17)13-8-3-4-9-14(13)18-12-7-5-6-11(16)10-12/h3-10,17H,1-2H3. The molecule has 2 aromatic carbocycles. The van der Waals surface area contributed by atoms with Gasteiger partial charge in [0.15, 0.2) is 0 Å². The van der Waals surface area contributed by atoms with Crippen molar-refractivity contribution in [2.24, 2.45) is 0 Å². The van der Waals surface area contributed by atoms with E-state index in [0.29, 0.717) is 0 Å². The van der Waals surface area contributed by atoms with Crippen LogP contribution in [0.5, 0.6) is 0 Å². The second-order valence-corrected chi connectivity index (χ2v) is 6.17. The Morgan fingerprint density at radius 1 is 1.06 bits per heavy atom. The maximum Gasteiger partial charge on any atom is 0.0851 e. The van der Waals surface area contributed by atoms with E-state index in [-0.39, 0.29) is 0 Å². The van der Waals surface area contributed by atoms with Gasteiger partial charge in [-0.15, -0.1) is 0 Å². The van der Waals surface area contributed by atoms with E-state index in [1.165, 1.54) is 0 Å². The highest BCUT2D eigenvalue weighted by Gasteiger charge is 2.19. The van der Waals surface area contributed by atoms with Crippen LogP contribution in [-0.2, 0) is 5.60 Å². The van der Waals surface area contributed by atoms with Gasteiger partial charge in [0.2, 0.25) is 0 Å². The zero-order valence-electron chi connectivity index (χ0n) is 10.4. The average Bonchev–Trinajstić information content (AvgIpc) is 2.28. The molecule has 0 bridgehead atoms. The fourth-order valence-corrected chi connectivity index (χ4v) is 3.13. The first-order chi connectivity index (χ1) is 8.47. The lowest BCUT2D eigenvalue weighted by Crippen LogP contribution is -2.16. The summed E-state index contributed by atoms with van der Waals surface area (Å²) in [4.78, 5) is 2.12. The van der Waals surface area contributed by atoms with Gasteiger partial charge >= 0.3 is 0 Å². The van der Waals surface area contributed by atoms with Crippen LogP contribution >= 0.6 is 23.4 Å². The van der Waals surface area contributed by atoms with E-state index in [9.17, 15) is 5.11 Å². The molecule has 0 fully saturated rings. The molecule has 0 spiro atoms. The Hall–Kier alpha value is -0.960. The molecule has 0 aliphatic carbocycles. The Balaban J connectivity index is 2.35. The molecule has 2 aromatic rings. The minimum Gasteiger partial charge on any atom is -0.386 e. The van der Waals surface area contributed by atoms with Crippen LogP contribution in [0, 0.1) is 0 Å². The van der Waals surface area contributed by atoms with E-state index in [1.807, 2.05) is 48.5 Å². The van der Waals surface area contributed by atoms with Crippen molar-refractivity contribution in [3.8, 4) is 0 Å². The van der Waals surface area contributed by atoms with Gasteiger partial charge in [-0.1, -0.05) is 47.6 Å². The van der Waals surface area contributed by atoms with Crippen molar-refractivity contribution >= 4 is 23.4 Å². The van der Waals surface area contributed by atoms with Gasteiger partial charge in [0, 0.05) is 14.8 Å². The molecular formula is C15H15ClOS. The van der Waals surface area contributed by atoms with Crippen molar-refractivity contribution in [3.63, 3.8) is 0 Å². The number of hydrogen-bond acceptors (Lipinski definition) is 2. The zero-order valence-corrected chi connectivity index (χ0v) is 11.9. The Morgan fingerprint density at radius 2 is 1.78 bits per heavy atom. The predicted octanol–water partition coefficient (Wildman–Crippen LogP) is 4.72. The minimum atomic E-state index is -0.845. The third kappa shape index (κ3) is 3.29. The highest BCUT2D eigenvalue weighted by molar-refractivity contribution is 7.99. The van der Waals surface area contributed by atoms with Crippen molar-refractivity contribution < 1.29 is 5.11 Å². The molecule has 0 radical (unpaired) electrons. The summed E-state index contributed by atoms with van der Waals surface area (Å²) in [5.41, 5.74) is 0.0808. The molecule has 0 saturated heterocycles. The second kappa shape index (κ2) is 5.35. The van der Waals surface area contributed by atoms with E-state index >= 15 is 0 Å². The predicted molar refractivity (Wildman–Crippen MR) is 77.3 cm³/mol. The number of halogens is 1. The van der Waals surface area contributed by atoms with Crippen molar-refractivity contribution in [2.45, 2.75) is 29.2 Å².